The van der Waals surface area contributed by atoms with Crippen molar-refractivity contribution in [1.29, 1.82) is 0 Å². The molecule has 11 heteroatoms. The second-order valence-corrected chi connectivity index (χ2v) is 8.69. The molecule has 1 fully saturated rings. The van der Waals surface area contributed by atoms with Crippen LogP contribution in [-0.2, 0) is 21.0 Å². The standard InChI is InChI=1S/C19H17F5N2O3S/c20-13-5-6-15(21)16(11-13)25-18(27)12-7-9-26(10-8-12)30(28,29)17-4-2-1-3-14(17)19(22,23)24/h1-6,11-12H,7-10H2,(H,25,27). The fourth-order valence-electron chi connectivity index (χ4n) is 3.25. The van der Waals surface area contributed by atoms with Crippen LogP contribution < -0.4 is 5.32 Å². The quantitative estimate of drug-likeness (QED) is 0.719. The zero-order valence-electron chi connectivity index (χ0n) is 15.4. The van der Waals surface area contributed by atoms with E-state index >= 15 is 0 Å². The van der Waals surface area contributed by atoms with Gasteiger partial charge in [0, 0.05) is 25.1 Å². The summed E-state index contributed by atoms with van der Waals surface area (Å²) in [7, 11) is -4.42. The zero-order valence-corrected chi connectivity index (χ0v) is 16.2. The third-order valence-corrected chi connectivity index (χ3v) is 6.78. The van der Waals surface area contributed by atoms with Crippen molar-refractivity contribution in [2.75, 3.05) is 18.4 Å². The van der Waals surface area contributed by atoms with Crippen molar-refractivity contribution in [3.63, 3.8) is 0 Å². The van der Waals surface area contributed by atoms with Crippen LogP contribution in [0, 0.1) is 17.6 Å². The summed E-state index contributed by atoms with van der Waals surface area (Å²) in [6.07, 6.45) is -4.79. The number of amides is 1. The van der Waals surface area contributed by atoms with Crippen LogP contribution in [0.2, 0.25) is 0 Å². The fraction of sp³-hybridized carbons (Fsp3) is 0.316. The predicted octanol–water partition coefficient (Wildman–Crippen LogP) is 4.02. The topological polar surface area (TPSA) is 66.5 Å². The van der Waals surface area contributed by atoms with Crippen LogP contribution >= 0.6 is 0 Å². The Morgan fingerprint density at radius 3 is 2.30 bits per heavy atom. The second kappa shape index (κ2) is 8.31. The molecule has 30 heavy (non-hydrogen) atoms. The third kappa shape index (κ3) is 4.62. The molecular formula is C19H17F5N2O3S. The van der Waals surface area contributed by atoms with E-state index in [1.165, 1.54) is 6.07 Å². The Morgan fingerprint density at radius 2 is 1.67 bits per heavy atom. The van der Waals surface area contributed by atoms with Gasteiger partial charge < -0.3 is 5.32 Å². The highest BCUT2D eigenvalue weighted by Crippen LogP contribution is 2.36. The van der Waals surface area contributed by atoms with Gasteiger partial charge in [0.15, 0.2) is 0 Å². The number of hydrogen-bond acceptors (Lipinski definition) is 3. The number of hydrogen-bond donors (Lipinski definition) is 1. The molecule has 0 unspecified atom stereocenters. The number of sulfonamides is 1. The van der Waals surface area contributed by atoms with E-state index in [2.05, 4.69) is 5.32 Å². The van der Waals surface area contributed by atoms with Crippen LogP contribution in [0.3, 0.4) is 0 Å². The molecule has 1 aliphatic rings. The molecule has 0 spiro atoms. The maximum atomic E-state index is 13.7. The first-order valence-electron chi connectivity index (χ1n) is 8.92. The van der Waals surface area contributed by atoms with Gasteiger partial charge >= 0.3 is 6.18 Å². The van der Waals surface area contributed by atoms with Gasteiger partial charge in [0.25, 0.3) is 0 Å². The van der Waals surface area contributed by atoms with Gasteiger partial charge in [-0.2, -0.15) is 17.5 Å². The minimum Gasteiger partial charge on any atom is -0.323 e. The molecule has 1 N–H and O–H groups in total. The van der Waals surface area contributed by atoms with Gasteiger partial charge in [0.1, 0.15) is 11.6 Å². The van der Waals surface area contributed by atoms with Crippen LogP contribution in [0.25, 0.3) is 0 Å². The van der Waals surface area contributed by atoms with Crippen molar-refractivity contribution in [3.05, 3.63) is 59.7 Å². The van der Waals surface area contributed by atoms with Crippen LogP contribution in [-0.4, -0.2) is 31.7 Å². The van der Waals surface area contributed by atoms with Crippen LogP contribution in [0.5, 0.6) is 0 Å². The number of alkyl halides is 3. The van der Waals surface area contributed by atoms with E-state index in [1.807, 2.05) is 0 Å². The normalized spacial score (nSPS) is 16.4. The lowest BCUT2D eigenvalue weighted by Crippen LogP contribution is -2.42. The number of rotatable bonds is 4. The Bertz CT molecular complexity index is 1050. The zero-order chi connectivity index (χ0) is 22.1. The molecule has 0 atom stereocenters. The molecule has 1 saturated heterocycles. The number of benzene rings is 2. The monoisotopic (exact) mass is 448 g/mol. The third-order valence-electron chi connectivity index (χ3n) is 4.82. The van der Waals surface area contributed by atoms with Gasteiger partial charge in [0.05, 0.1) is 16.1 Å². The molecule has 0 aliphatic carbocycles. The van der Waals surface area contributed by atoms with Gasteiger partial charge in [-0.1, -0.05) is 12.1 Å². The van der Waals surface area contributed by atoms with Crippen molar-refractivity contribution in [2.24, 2.45) is 5.92 Å². The summed E-state index contributed by atoms with van der Waals surface area (Å²) < 4.78 is 92.8. The molecule has 0 bridgehead atoms. The van der Waals surface area contributed by atoms with Crippen molar-refractivity contribution >= 4 is 21.6 Å². The highest BCUT2D eigenvalue weighted by atomic mass is 32.2. The highest BCUT2D eigenvalue weighted by molar-refractivity contribution is 7.89. The van der Waals surface area contributed by atoms with E-state index in [0.29, 0.717) is 6.07 Å². The summed E-state index contributed by atoms with van der Waals surface area (Å²) in [4.78, 5) is 11.5. The van der Waals surface area contributed by atoms with Gasteiger partial charge in [-0.3, -0.25) is 4.79 Å². The lowest BCUT2D eigenvalue weighted by molar-refractivity contribution is -0.139. The summed E-state index contributed by atoms with van der Waals surface area (Å²) in [6, 6.07) is 6.47. The van der Waals surface area contributed by atoms with Crippen LogP contribution in [0.4, 0.5) is 27.6 Å². The van der Waals surface area contributed by atoms with Crippen molar-refractivity contribution in [1.82, 2.24) is 4.31 Å². The Balaban J connectivity index is 1.71. The van der Waals surface area contributed by atoms with Crippen molar-refractivity contribution in [2.45, 2.75) is 23.9 Å². The number of nitrogens with one attached hydrogen (secondary N) is 1. The number of piperidine rings is 1. The summed E-state index contributed by atoms with van der Waals surface area (Å²) in [6.45, 7) is -0.365. The summed E-state index contributed by atoms with van der Waals surface area (Å²) >= 11 is 0. The summed E-state index contributed by atoms with van der Waals surface area (Å²) in [5.41, 5.74) is -1.60. The van der Waals surface area contributed by atoms with Gasteiger partial charge in [0.2, 0.25) is 15.9 Å². The Morgan fingerprint density at radius 1 is 1.03 bits per heavy atom. The van der Waals surface area contributed by atoms with E-state index in [-0.39, 0.29) is 31.6 Å². The number of carbonyl (C=O) groups is 1. The lowest BCUT2D eigenvalue weighted by Gasteiger charge is -2.31. The Hall–Kier alpha value is -2.53. The van der Waals surface area contributed by atoms with E-state index in [1.54, 1.807) is 0 Å². The first-order chi connectivity index (χ1) is 14.0. The molecule has 0 radical (unpaired) electrons. The van der Waals surface area contributed by atoms with Gasteiger partial charge in [-0.15, -0.1) is 0 Å². The Labute approximate surface area is 169 Å². The van der Waals surface area contributed by atoms with Crippen LogP contribution in [0.1, 0.15) is 18.4 Å². The SMILES string of the molecule is O=C(Nc1cc(F)ccc1F)C1CCN(S(=O)(=O)c2ccccc2C(F)(F)F)CC1. The molecule has 0 aromatic heterocycles. The largest absolute Gasteiger partial charge is 0.417 e. The van der Waals surface area contributed by atoms with Crippen LogP contribution in [0.15, 0.2) is 47.4 Å². The van der Waals surface area contributed by atoms with Gasteiger partial charge in [-0.25, -0.2) is 17.2 Å². The molecule has 2 aromatic carbocycles. The van der Waals surface area contributed by atoms with Gasteiger partial charge in [-0.05, 0) is 37.1 Å². The first-order valence-corrected chi connectivity index (χ1v) is 10.4. The maximum Gasteiger partial charge on any atom is 0.417 e. The molecule has 2 aromatic rings. The molecule has 162 valence electrons. The molecule has 0 saturated carbocycles. The van der Waals surface area contributed by atoms with Crippen molar-refractivity contribution in [3.8, 4) is 0 Å². The lowest BCUT2D eigenvalue weighted by atomic mass is 9.97. The molecular weight excluding hydrogens is 431 g/mol. The fourth-order valence-corrected chi connectivity index (χ4v) is 4.93. The van der Waals surface area contributed by atoms with Crippen molar-refractivity contribution < 1.29 is 35.2 Å². The molecule has 1 heterocycles. The maximum absolute atomic E-state index is 13.7. The van der Waals surface area contributed by atoms with E-state index in [4.69, 9.17) is 0 Å². The molecule has 3 rings (SSSR count). The first kappa shape index (κ1) is 22.2. The smallest absolute Gasteiger partial charge is 0.323 e. The predicted molar refractivity (Wildman–Crippen MR) is 97.9 cm³/mol. The number of anilines is 1. The molecule has 1 aliphatic heterocycles. The van der Waals surface area contributed by atoms with E-state index in [0.717, 1.165) is 34.6 Å². The molecule has 5 nitrogen and oxygen atoms in total. The molecule has 1 amide bonds. The second-order valence-electron chi connectivity index (χ2n) is 6.79. The highest BCUT2D eigenvalue weighted by Gasteiger charge is 2.40. The van der Waals surface area contributed by atoms with E-state index < -0.39 is 50.1 Å². The number of halogens is 5. The number of carbonyl (C=O) groups excluding carboxylic acids is 1. The van der Waals surface area contributed by atoms with E-state index in [9.17, 15) is 35.2 Å². The minimum atomic E-state index is -4.84. The summed E-state index contributed by atoms with van der Waals surface area (Å²) in [5, 5.41) is 2.26. The summed E-state index contributed by atoms with van der Waals surface area (Å²) in [5.74, 6) is -2.88. The minimum absolute atomic E-state index is 0.0240. The number of nitrogens with zero attached hydrogens (tertiary/aromatic N) is 1. The average Bonchev–Trinajstić information content (AvgIpc) is 2.70. The Kier molecular flexibility index (Phi) is 6.14. The average molecular weight is 448 g/mol.